The minimum Gasteiger partial charge on any atom is -0.461 e. The van der Waals surface area contributed by atoms with E-state index in [1.54, 1.807) is 27.7 Å². The molecule has 0 spiro atoms. The van der Waals surface area contributed by atoms with Crippen molar-refractivity contribution in [3.8, 4) is 0 Å². The maximum Gasteiger partial charge on any atom is 0.308 e. The average Bonchev–Trinajstić information content (AvgIpc) is 2.56. The Morgan fingerprint density at radius 2 is 1.62 bits per heavy atom. The molecule has 152 valence electrons. The molecular formula is C21H38O5. The fraction of sp³-hybridized carbons (Fsp3) is 0.905. The first-order valence-electron chi connectivity index (χ1n) is 10.0. The third kappa shape index (κ3) is 7.26. The van der Waals surface area contributed by atoms with E-state index in [4.69, 9.17) is 14.2 Å². The molecule has 26 heavy (non-hydrogen) atoms. The Balaban J connectivity index is 2.60. The van der Waals surface area contributed by atoms with E-state index in [9.17, 15) is 9.59 Å². The molecule has 3 atom stereocenters. The lowest BCUT2D eigenvalue weighted by molar-refractivity contribution is -0.169. The fourth-order valence-electron chi connectivity index (χ4n) is 3.13. The van der Waals surface area contributed by atoms with E-state index in [0.717, 1.165) is 19.3 Å². The van der Waals surface area contributed by atoms with Crippen LogP contribution in [0.15, 0.2) is 0 Å². The molecule has 0 aromatic heterocycles. The minimum absolute atomic E-state index is 0.0453. The summed E-state index contributed by atoms with van der Waals surface area (Å²) >= 11 is 0. The summed E-state index contributed by atoms with van der Waals surface area (Å²) in [6, 6.07) is 0. The van der Waals surface area contributed by atoms with Crippen LogP contribution in [0.3, 0.4) is 0 Å². The van der Waals surface area contributed by atoms with Crippen molar-refractivity contribution >= 4 is 11.9 Å². The van der Waals surface area contributed by atoms with Gasteiger partial charge in [0.2, 0.25) is 0 Å². The number of hydrogen-bond acceptors (Lipinski definition) is 5. The van der Waals surface area contributed by atoms with Crippen LogP contribution in [0.25, 0.3) is 0 Å². The summed E-state index contributed by atoms with van der Waals surface area (Å²) in [6.45, 7) is 14.3. The van der Waals surface area contributed by atoms with Crippen molar-refractivity contribution in [1.29, 1.82) is 0 Å². The van der Waals surface area contributed by atoms with Gasteiger partial charge in [0, 0.05) is 0 Å². The van der Waals surface area contributed by atoms with E-state index in [1.807, 2.05) is 0 Å². The zero-order valence-corrected chi connectivity index (χ0v) is 17.7. The molecular weight excluding hydrogens is 332 g/mol. The first-order valence-corrected chi connectivity index (χ1v) is 10.0. The fourth-order valence-corrected chi connectivity index (χ4v) is 3.13. The maximum absolute atomic E-state index is 12.0. The van der Waals surface area contributed by atoms with Crippen molar-refractivity contribution in [3.05, 3.63) is 0 Å². The molecule has 0 radical (unpaired) electrons. The first kappa shape index (κ1) is 22.9. The van der Waals surface area contributed by atoms with Crippen LogP contribution in [-0.2, 0) is 23.8 Å². The van der Waals surface area contributed by atoms with Crippen molar-refractivity contribution < 1.29 is 23.8 Å². The number of rotatable bonds is 9. The molecule has 5 heteroatoms. The van der Waals surface area contributed by atoms with Gasteiger partial charge in [-0.3, -0.25) is 9.59 Å². The molecule has 0 aromatic carbocycles. The summed E-state index contributed by atoms with van der Waals surface area (Å²) in [6.07, 6.45) is 4.03. The smallest absolute Gasteiger partial charge is 0.308 e. The second-order valence-electron chi connectivity index (χ2n) is 8.86. The molecule has 0 aliphatic heterocycles. The van der Waals surface area contributed by atoms with Gasteiger partial charge in [0.25, 0.3) is 0 Å². The summed E-state index contributed by atoms with van der Waals surface area (Å²) in [5.41, 5.74) is 0.289. The molecule has 0 aromatic rings. The van der Waals surface area contributed by atoms with Gasteiger partial charge in [-0.05, 0) is 30.6 Å². The van der Waals surface area contributed by atoms with Crippen molar-refractivity contribution in [3.63, 3.8) is 0 Å². The highest BCUT2D eigenvalue weighted by atomic mass is 16.6. The summed E-state index contributed by atoms with van der Waals surface area (Å²) in [5.74, 6) is -0.411. The summed E-state index contributed by atoms with van der Waals surface area (Å²) in [7, 11) is 0. The van der Waals surface area contributed by atoms with Crippen molar-refractivity contribution in [2.45, 2.75) is 86.4 Å². The zero-order chi connectivity index (χ0) is 19.9. The molecule has 0 bridgehead atoms. The number of carbonyl (C=O) groups excluding carboxylic acids is 2. The van der Waals surface area contributed by atoms with Gasteiger partial charge in [0.15, 0.2) is 6.10 Å². The third-order valence-corrected chi connectivity index (χ3v) is 5.52. The molecule has 0 heterocycles. The summed E-state index contributed by atoms with van der Waals surface area (Å²) < 4.78 is 16.9. The van der Waals surface area contributed by atoms with Crippen LogP contribution >= 0.6 is 0 Å². The highest BCUT2D eigenvalue weighted by molar-refractivity contribution is 5.72. The van der Waals surface area contributed by atoms with Gasteiger partial charge in [0.1, 0.15) is 6.61 Å². The quantitative estimate of drug-likeness (QED) is 0.564. The highest BCUT2D eigenvalue weighted by Gasteiger charge is 2.35. The predicted octanol–water partition coefficient (Wildman–Crippen LogP) is 4.37. The molecule has 1 aliphatic rings. The van der Waals surface area contributed by atoms with Gasteiger partial charge in [0.05, 0.1) is 24.5 Å². The Morgan fingerprint density at radius 3 is 2.15 bits per heavy atom. The Hall–Kier alpha value is -1.10. The average molecular weight is 371 g/mol. The minimum atomic E-state index is -0.556. The van der Waals surface area contributed by atoms with E-state index in [0.29, 0.717) is 5.92 Å². The number of hydrogen-bond donors (Lipinski definition) is 0. The second kappa shape index (κ2) is 10.3. The lowest BCUT2D eigenvalue weighted by Gasteiger charge is -2.41. The van der Waals surface area contributed by atoms with E-state index in [1.165, 1.54) is 6.42 Å². The van der Waals surface area contributed by atoms with Gasteiger partial charge in [-0.2, -0.15) is 0 Å². The van der Waals surface area contributed by atoms with Gasteiger partial charge >= 0.3 is 11.9 Å². The standard InChI is InChI=1S/C21H38O5/c1-14(2)19(22)25-13-18(26-20(23)15(3)4)12-24-17-9-8-10-21(7,11-17)16(5)6/h14-18H,8-13H2,1-7H3. The molecule has 0 amide bonds. The van der Waals surface area contributed by atoms with Crippen LogP contribution in [0, 0.1) is 23.2 Å². The number of carbonyl (C=O) groups is 2. The lowest BCUT2D eigenvalue weighted by Crippen LogP contribution is -2.38. The number of ether oxygens (including phenoxy) is 3. The first-order chi connectivity index (χ1) is 12.0. The van der Waals surface area contributed by atoms with Crippen molar-refractivity contribution in [1.82, 2.24) is 0 Å². The van der Waals surface area contributed by atoms with Gasteiger partial charge in [-0.15, -0.1) is 0 Å². The van der Waals surface area contributed by atoms with Crippen LogP contribution < -0.4 is 0 Å². The number of esters is 2. The summed E-state index contributed by atoms with van der Waals surface area (Å²) in [5, 5.41) is 0. The third-order valence-electron chi connectivity index (χ3n) is 5.52. The van der Waals surface area contributed by atoms with Crippen LogP contribution in [0.2, 0.25) is 0 Å². The Morgan fingerprint density at radius 1 is 1.00 bits per heavy atom. The van der Waals surface area contributed by atoms with E-state index < -0.39 is 6.10 Å². The van der Waals surface area contributed by atoms with Crippen LogP contribution in [0.4, 0.5) is 0 Å². The molecule has 1 fully saturated rings. The highest BCUT2D eigenvalue weighted by Crippen LogP contribution is 2.42. The molecule has 1 rings (SSSR count). The Bertz CT molecular complexity index is 457. The molecule has 1 saturated carbocycles. The summed E-state index contributed by atoms with van der Waals surface area (Å²) in [4.78, 5) is 23.7. The maximum atomic E-state index is 12.0. The van der Waals surface area contributed by atoms with Gasteiger partial charge in [-0.25, -0.2) is 0 Å². The molecule has 5 nitrogen and oxygen atoms in total. The monoisotopic (exact) mass is 370 g/mol. The predicted molar refractivity (Wildman–Crippen MR) is 102 cm³/mol. The van der Waals surface area contributed by atoms with Crippen LogP contribution in [0.1, 0.15) is 74.1 Å². The van der Waals surface area contributed by atoms with Gasteiger partial charge in [-0.1, -0.05) is 54.9 Å². The normalized spacial score (nSPS) is 24.8. The van der Waals surface area contributed by atoms with E-state index in [-0.39, 0.29) is 48.5 Å². The Labute approximate surface area is 159 Å². The molecule has 0 saturated heterocycles. The van der Waals surface area contributed by atoms with Crippen molar-refractivity contribution in [2.24, 2.45) is 23.2 Å². The van der Waals surface area contributed by atoms with Gasteiger partial charge < -0.3 is 14.2 Å². The Kier molecular flexibility index (Phi) is 9.08. The molecule has 3 unspecified atom stereocenters. The molecule has 0 N–H and O–H groups in total. The molecule has 1 aliphatic carbocycles. The SMILES string of the molecule is CC(C)C(=O)OCC(COC1CCCC(C)(C(C)C)C1)OC(=O)C(C)C. The van der Waals surface area contributed by atoms with Crippen molar-refractivity contribution in [2.75, 3.05) is 13.2 Å². The van der Waals surface area contributed by atoms with Crippen LogP contribution in [0.5, 0.6) is 0 Å². The zero-order valence-electron chi connectivity index (χ0n) is 17.7. The lowest BCUT2D eigenvalue weighted by atomic mass is 9.67. The van der Waals surface area contributed by atoms with Crippen LogP contribution in [-0.4, -0.2) is 37.4 Å². The largest absolute Gasteiger partial charge is 0.461 e. The topological polar surface area (TPSA) is 61.8 Å². The second-order valence-corrected chi connectivity index (χ2v) is 8.86. The van der Waals surface area contributed by atoms with E-state index in [2.05, 4.69) is 20.8 Å². The van der Waals surface area contributed by atoms with E-state index >= 15 is 0 Å².